The average molecular weight is 375 g/mol. The minimum atomic E-state index is -3.66. The Morgan fingerprint density at radius 1 is 1.47 bits per heavy atom. The van der Waals surface area contributed by atoms with Crippen LogP contribution in [0.25, 0.3) is 0 Å². The van der Waals surface area contributed by atoms with Gasteiger partial charge < -0.3 is 0 Å². The van der Waals surface area contributed by atoms with Crippen molar-refractivity contribution in [3.05, 3.63) is 20.1 Å². The molecule has 0 unspecified atom stereocenters. The van der Waals surface area contributed by atoms with E-state index in [4.69, 9.17) is 11.6 Å². The molecule has 2 heterocycles. The zero-order valence-corrected chi connectivity index (χ0v) is 13.1. The van der Waals surface area contributed by atoms with Crippen LogP contribution < -0.4 is 4.72 Å². The first kappa shape index (κ1) is 13.2. The Labute approximate surface area is 119 Å². The van der Waals surface area contributed by atoms with Crippen molar-refractivity contribution in [2.75, 3.05) is 4.72 Å². The van der Waals surface area contributed by atoms with E-state index >= 15 is 0 Å². The molecule has 17 heavy (non-hydrogen) atoms. The van der Waals surface area contributed by atoms with Gasteiger partial charge in [-0.05, 0) is 22.9 Å². The van der Waals surface area contributed by atoms with Crippen LogP contribution in [0.1, 0.15) is 5.69 Å². The van der Waals surface area contributed by atoms with Gasteiger partial charge in [0.05, 0.1) is 15.7 Å². The second kappa shape index (κ2) is 4.81. The van der Waals surface area contributed by atoms with Crippen LogP contribution in [0, 0.1) is 6.92 Å². The van der Waals surface area contributed by atoms with E-state index in [9.17, 15) is 8.42 Å². The fourth-order valence-electron chi connectivity index (χ4n) is 1.06. The van der Waals surface area contributed by atoms with Crippen molar-refractivity contribution in [2.45, 2.75) is 11.1 Å². The van der Waals surface area contributed by atoms with Crippen LogP contribution in [-0.4, -0.2) is 18.4 Å². The molecule has 0 aromatic carbocycles. The summed E-state index contributed by atoms with van der Waals surface area (Å²) in [6.07, 6.45) is 1.52. The van der Waals surface area contributed by atoms with Gasteiger partial charge in [0.1, 0.15) is 0 Å². The number of sulfonamides is 1. The number of nitrogens with one attached hydrogen (secondary N) is 1. The zero-order valence-electron chi connectivity index (χ0n) is 8.27. The minimum absolute atomic E-state index is 0.105. The lowest BCUT2D eigenvalue weighted by Crippen LogP contribution is -2.12. The van der Waals surface area contributed by atoms with Gasteiger partial charge in [0, 0.05) is 0 Å². The molecule has 0 atom stereocenters. The SMILES string of the molecule is Cc1nc(Cl)sc1S(=O)(=O)Nc1ncc(Br)s1. The Morgan fingerprint density at radius 3 is 2.65 bits per heavy atom. The maximum atomic E-state index is 12.0. The molecular formula is C7H5BrClN3O2S3. The van der Waals surface area contributed by atoms with Crippen molar-refractivity contribution in [2.24, 2.45) is 0 Å². The lowest BCUT2D eigenvalue weighted by molar-refractivity contribution is 0.602. The largest absolute Gasteiger partial charge is 0.275 e. The van der Waals surface area contributed by atoms with Gasteiger partial charge in [0.2, 0.25) is 0 Å². The van der Waals surface area contributed by atoms with Gasteiger partial charge in [-0.1, -0.05) is 34.3 Å². The van der Waals surface area contributed by atoms with Crippen LogP contribution >= 0.6 is 50.2 Å². The maximum absolute atomic E-state index is 12.0. The number of nitrogens with zero attached hydrogens (tertiary/aromatic N) is 2. The fraction of sp³-hybridized carbons (Fsp3) is 0.143. The fourth-order valence-corrected chi connectivity index (χ4v) is 5.15. The molecule has 0 aliphatic rings. The van der Waals surface area contributed by atoms with Crippen LogP contribution in [0.2, 0.25) is 4.47 Å². The molecule has 0 bridgehead atoms. The van der Waals surface area contributed by atoms with E-state index in [-0.39, 0.29) is 8.68 Å². The van der Waals surface area contributed by atoms with Crippen LogP contribution in [0.4, 0.5) is 5.13 Å². The number of thiazole rings is 2. The summed E-state index contributed by atoms with van der Waals surface area (Å²) in [7, 11) is -3.66. The number of aryl methyl sites for hydroxylation is 1. The first-order valence-corrected chi connectivity index (χ1v) is 8.44. The predicted octanol–water partition coefficient (Wildman–Crippen LogP) is 3.12. The molecule has 0 saturated heterocycles. The third-order valence-corrected chi connectivity index (χ3v) is 6.40. The Bertz CT molecular complexity index is 651. The second-order valence-corrected chi connectivity index (χ2v) is 8.78. The van der Waals surface area contributed by atoms with E-state index < -0.39 is 10.0 Å². The van der Waals surface area contributed by atoms with Crippen LogP contribution in [0.3, 0.4) is 0 Å². The quantitative estimate of drug-likeness (QED) is 0.896. The predicted molar refractivity (Wildman–Crippen MR) is 72.5 cm³/mol. The van der Waals surface area contributed by atoms with Gasteiger partial charge in [0.15, 0.2) is 13.8 Å². The molecule has 2 aromatic rings. The van der Waals surface area contributed by atoms with Crippen LogP contribution in [0.5, 0.6) is 0 Å². The summed E-state index contributed by atoms with van der Waals surface area (Å²) in [6, 6.07) is 0. The van der Waals surface area contributed by atoms with Gasteiger partial charge in [-0.15, -0.1) is 0 Å². The molecule has 5 nitrogen and oxygen atoms in total. The summed E-state index contributed by atoms with van der Waals surface area (Å²) in [4.78, 5) is 7.76. The number of aromatic nitrogens is 2. The molecule has 92 valence electrons. The minimum Gasteiger partial charge on any atom is -0.254 e. The third-order valence-electron chi connectivity index (χ3n) is 1.67. The third kappa shape index (κ3) is 2.97. The van der Waals surface area contributed by atoms with Gasteiger partial charge in [0.25, 0.3) is 10.0 Å². The van der Waals surface area contributed by atoms with Crippen molar-refractivity contribution in [3.8, 4) is 0 Å². The van der Waals surface area contributed by atoms with E-state index in [1.807, 2.05) is 0 Å². The average Bonchev–Trinajstić information content (AvgIpc) is 2.72. The van der Waals surface area contributed by atoms with E-state index in [1.54, 1.807) is 6.92 Å². The second-order valence-electron chi connectivity index (χ2n) is 2.91. The van der Waals surface area contributed by atoms with Crippen LogP contribution in [0.15, 0.2) is 14.2 Å². The monoisotopic (exact) mass is 373 g/mol. The molecule has 0 fully saturated rings. The molecule has 10 heteroatoms. The summed E-state index contributed by atoms with van der Waals surface area (Å²) >= 11 is 11.0. The highest BCUT2D eigenvalue weighted by Crippen LogP contribution is 2.30. The molecule has 0 saturated carbocycles. The number of hydrogen-bond donors (Lipinski definition) is 1. The highest BCUT2D eigenvalue weighted by molar-refractivity contribution is 9.11. The van der Waals surface area contributed by atoms with Crippen molar-refractivity contribution in [1.82, 2.24) is 9.97 Å². The smallest absolute Gasteiger partial charge is 0.254 e. The first-order chi connectivity index (χ1) is 7.88. The lowest BCUT2D eigenvalue weighted by atomic mass is 10.6. The Morgan fingerprint density at radius 2 is 2.18 bits per heavy atom. The number of halogens is 2. The van der Waals surface area contributed by atoms with Gasteiger partial charge in [-0.25, -0.2) is 18.4 Å². The first-order valence-electron chi connectivity index (χ1n) is 4.15. The molecule has 0 aliphatic heterocycles. The van der Waals surface area contributed by atoms with Crippen LogP contribution in [-0.2, 0) is 10.0 Å². The lowest BCUT2D eigenvalue weighted by Gasteiger charge is -2.02. The molecule has 0 spiro atoms. The Hall–Kier alpha value is -0.220. The molecular weight excluding hydrogens is 370 g/mol. The van der Waals surface area contributed by atoms with Crippen molar-refractivity contribution in [1.29, 1.82) is 0 Å². The molecule has 0 aliphatic carbocycles. The molecule has 0 amide bonds. The number of hydrogen-bond acceptors (Lipinski definition) is 6. The van der Waals surface area contributed by atoms with E-state index in [1.165, 1.54) is 17.5 Å². The summed E-state index contributed by atoms with van der Waals surface area (Å²) in [6.45, 7) is 1.59. The number of anilines is 1. The summed E-state index contributed by atoms with van der Waals surface area (Å²) in [5.74, 6) is 0. The molecule has 2 aromatic heterocycles. The van der Waals surface area contributed by atoms with E-state index in [0.29, 0.717) is 10.8 Å². The van der Waals surface area contributed by atoms with Gasteiger partial charge in [-0.3, -0.25) is 4.72 Å². The molecule has 2 rings (SSSR count). The van der Waals surface area contributed by atoms with E-state index in [0.717, 1.165) is 15.1 Å². The highest BCUT2D eigenvalue weighted by atomic mass is 79.9. The van der Waals surface area contributed by atoms with Gasteiger partial charge >= 0.3 is 0 Å². The molecule has 1 N–H and O–H groups in total. The normalized spacial score (nSPS) is 11.7. The van der Waals surface area contributed by atoms with E-state index in [2.05, 4.69) is 30.6 Å². The maximum Gasteiger partial charge on any atom is 0.275 e. The number of rotatable bonds is 3. The topological polar surface area (TPSA) is 72.0 Å². The Kier molecular flexibility index (Phi) is 3.74. The summed E-state index contributed by atoms with van der Waals surface area (Å²) in [5, 5.41) is 0.292. The summed E-state index contributed by atoms with van der Waals surface area (Å²) < 4.78 is 27.4. The highest BCUT2D eigenvalue weighted by Gasteiger charge is 2.22. The summed E-state index contributed by atoms with van der Waals surface area (Å²) in [5.41, 5.74) is 0.378. The molecule has 0 radical (unpaired) electrons. The van der Waals surface area contributed by atoms with Gasteiger partial charge in [-0.2, -0.15) is 0 Å². The van der Waals surface area contributed by atoms with Crippen molar-refractivity contribution in [3.63, 3.8) is 0 Å². The Balaban J connectivity index is 2.34. The standard InChI is InChI=1S/C7H5BrClN3O2S3/c1-3-5(16-6(9)11-3)17(13,14)12-7-10-2-4(8)15-7/h2H,1H3,(H,10,12). The van der Waals surface area contributed by atoms with Crippen molar-refractivity contribution >= 4 is 65.4 Å². The zero-order chi connectivity index (χ0) is 12.6. The van der Waals surface area contributed by atoms with Crippen molar-refractivity contribution < 1.29 is 8.42 Å².